The minimum absolute atomic E-state index is 0.0937. The Morgan fingerprint density at radius 2 is 2.00 bits per heavy atom. The Morgan fingerprint density at radius 3 is 2.50 bits per heavy atom. The third kappa shape index (κ3) is 2.92. The van der Waals surface area contributed by atoms with E-state index < -0.39 is 0 Å². The SMILES string of the molecule is Cc1nn(C(C)C)c(NC2CCN(C)CC2)c1[N+](=O)[O-]. The molecule has 112 valence electrons. The summed E-state index contributed by atoms with van der Waals surface area (Å²) in [5, 5.41) is 18.9. The summed E-state index contributed by atoms with van der Waals surface area (Å²) < 4.78 is 1.73. The van der Waals surface area contributed by atoms with E-state index in [1.165, 1.54) is 0 Å². The highest BCUT2D eigenvalue weighted by atomic mass is 16.6. The molecular weight excluding hydrogens is 258 g/mol. The first-order valence-electron chi connectivity index (χ1n) is 7.08. The fraction of sp³-hybridized carbons (Fsp3) is 0.769. The molecule has 1 saturated heterocycles. The molecule has 1 aliphatic rings. The molecule has 0 aliphatic carbocycles. The van der Waals surface area contributed by atoms with Crippen LogP contribution >= 0.6 is 0 Å². The topological polar surface area (TPSA) is 76.2 Å². The maximum atomic E-state index is 11.3. The largest absolute Gasteiger partial charge is 0.362 e. The van der Waals surface area contributed by atoms with E-state index in [1.54, 1.807) is 11.6 Å². The molecule has 0 radical (unpaired) electrons. The van der Waals surface area contributed by atoms with Crippen LogP contribution in [0.5, 0.6) is 0 Å². The minimum atomic E-state index is -0.335. The van der Waals surface area contributed by atoms with Gasteiger partial charge in [-0.25, -0.2) is 4.68 Å². The summed E-state index contributed by atoms with van der Waals surface area (Å²) in [7, 11) is 2.10. The predicted molar refractivity (Wildman–Crippen MR) is 78.1 cm³/mol. The zero-order valence-corrected chi connectivity index (χ0v) is 12.6. The van der Waals surface area contributed by atoms with Crippen molar-refractivity contribution >= 4 is 11.5 Å². The van der Waals surface area contributed by atoms with Crippen molar-refractivity contribution in [3.05, 3.63) is 15.8 Å². The molecule has 1 aromatic rings. The molecule has 1 fully saturated rings. The van der Waals surface area contributed by atoms with Crippen molar-refractivity contribution in [3.8, 4) is 0 Å². The number of nitro groups is 1. The number of rotatable bonds is 4. The Balaban J connectivity index is 2.26. The van der Waals surface area contributed by atoms with Crippen molar-refractivity contribution in [2.24, 2.45) is 0 Å². The second-order valence-corrected chi connectivity index (χ2v) is 5.80. The van der Waals surface area contributed by atoms with Gasteiger partial charge in [0, 0.05) is 12.1 Å². The molecule has 2 heterocycles. The van der Waals surface area contributed by atoms with Crippen LogP contribution in [-0.2, 0) is 0 Å². The van der Waals surface area contributed by atoms with Crippen LogP contribution in [0, 0.1) is 17.0 Å². The first-order valence-corrected chi connectivity index (χ1v) is 7.08. The quantitative estimate of drug-likeness (QED) is 0.676. The third-order valence-electron chi connectivity index (χ3n) is 3.78. The predicted octanol–water partition coefficient (Wildman–Crippen LogP) is 2.19. The van der Waals surface area contributed by atoms with Crippen LogP contribution in [0.1, 0.15) is 38.4 Å². The second-order valence-electron chi connectivity index (χ2n) is 5.80. The Labute approximate surface area is 119 Å². The van der Waals surface area contributed by atoms with Gasteiger partial charge >= 0.3 is 5.69 Å². The highest BCUT2D eigenvalue weighted by molar-refractivity contribution is 5.60. The number of nitrogens with zero attached hydrogens (tertiary/aromatic N) is 4. The molecule has 0 unspecified atom stereocenters. The van der Waals surface area contributed by atoms with E-state index in [4.69, 9.17) is 0 Å². The van der Waals surface area contributed by atoms with E-state index in [1.807, 2.05) is 13.8 Å². The van der Waals surface area contributed by atoms with E-state index in [0.29, 0.717) is 11.5 Å². The molecule has 0 spiro atoms. The lowest BCUT2D eigenvalue weighted by Crippen LogP contribution is -2.37. The monoisotopic (exact) mass is 281 g/mol. The van der Waals surface area contributed by atoms with Crippen LogP contribution in [-0.4, -0.2) is 45.8 Å². The van der Waals surface area contributed by atoms with Gasteiger partial charge in [-0.05, 0) is 53.8 Å². The van der Waals surface area contributed by atoms with Crippen LogP contribution in [0.15, 0.2) is 0 Å². The molecule has 7 nitrogen and oxygen atoms in total. The van der Waals surface area contributed by atoms with Crippen molar-refractivity contribution in [3.63, 3.8) is 0 Å². The van der Waals surface area contributed by atoms with Crippen molar-refractivity contribution in [1.29, 1.82) is 0 Å². The number of likely N-dealkylation sites (tertiary alicyclic amines) is 1. The molecule has 7 heteroatoms. The fourth-order valence-electron chi connectivity index (χ4n) is 2.61. The number of nitrogens with one attached hydrogen (secondary N) is 1. The van der Waals surface area contributed by atoms with Crippen LogP contribution in [0.25, 0.3) is 0 Å². The smallest absolute Gasteiger partial charge is 0.333 e. The second kappa shape index (κ2) is 5.78. The molecule has 2 rings (SSSR count). The zero-order chi connectivity index (χ0) is 14.9. The molecule has 1 N–H and O–H groups in total. The summed E-state index contributed by atoms with van der Waals surface area (Å²) in [4.78, 5) is 13.2. The molecule has 0 atom stereocenters. The lowest BCUT2D eigenvalue weighted by molar-refractivity contribution is -0.384. The average molecular weight is 281 g/mol. The molecule has 0 aromatic carbocycles. The van der Waals surface area contributed by atoms with Gasteiger partial charge in [0.05, 0.1) is 4.92 Å². The van der Waals surface area contributed by atoms with Gasteiger partial charge in [0.2, 0.25) is 5.82 Å². The summed E-state index contributed by atoms with van der Waals surface area (Å²) >= 11 is 0. The van der Waals surface area contributed by atoms with Crippen LogP contribution in [0.2, 0.25) is 0 Å². The summed E-state index contributed by atoms with van der Waals surface area (Å²) in [6, 6.07) is 0.370. The normalized spacial score (nSPS) is 17.6. The van der Waals surface area contributed by atoms with Gasteiger partial charge in [-0.3, -0.25) is 10.1 Å². The molecule has 0 amide bonds. The molecule has 0 saturated carbocycles. The van der Waals surface area contributed by atoms with Crippen LogP contribution in [0.3, 0.4) is 0 Å². The summed E-state index contributed by atoms with van der Waals surface area (Å²) in [6.45, 7) is 7.68. The number of hydrogen-bond acceptors (Lipinski definition) is 5. The Kier molecular flexibility index (Phi) is 4.27. The van der Waals surface area contributed by atoms with E-state index in [0.717, 1.165) is 25.9 Å². The molecular formula is C13H23N5O2. The van der Waals surface area contributed by atoms with Gasteiger partial charge in [0.1, 0.15) is 5.69 Å². The Morgan fingerprint density at radius 1 is 1.40 bits per heavy atom. The Hall–Kier alpha value is -1.63. The lowest BCUT2D eigenvalue weighted by atomic mass is 10.1. The van der Waals surface area contributed by atoms with E-state index in [2.05, 4.69) is 22.4 Å². The zero-order valence-electron chi connectivity index (χ0n) is 12.6. The third-order valence-corrected chi connectivity index (χ3v) is 3.78. The molecule has 1 aliphatic heterocycles. The Bertz CT molecular complexity index is 489. The van der Waals surface area contributed by atoms with Gasteiger partial charge in [0.25, 0.3) is 0 Å². The number of anilines is 1. The standard InChI is InChI=1S/C13H23N5O2/c1-9(2)17-13(12(18(19)20)10(3)15-17)14-11-5-7-16(4)8-6-11/h9,11,14H,5-8H2,1-4H3. The number of aryl methyl sites for hydroxylation is 1. The van der Waals surface area contributed by atoms with E-state index >= 15 is 0 Å². The number of aromatic nitrogens is 2. The first kappa shape index (κ1) is 14.8. The highest BCUT2D eigenvalue weighted by Gasteiger charge is 2.29. The fourth-order valence-corrected chi connectivity index (χ4v) is 2.61. The van der Waals surface area contributed by atoms with Crippen molar-refractivity contribution in [2.45, 2.75) is 45.7 Å². The van der Waals surface area contributed by atoms with E-state index in [-0.39, 0.29) is 22.7 Å². The average Bonchev–Trinajstić information content (AvgIpc) is 2.69. The summed E-state index contributed by atoms with van der Waals surface area (Å²) in [6.07, 6.45) is 1.99. The summed E-state index contributed by atoms with van der Waals surface area (Å²) in [5.41, 5.74) is 0.580. The number of piperidine rings is 1. The lowest BCUT2D eigenvalue weighted by Gasteiger charge is -2.30. The first-order chi connectivity index (χ1) is 9.40. The minimum Gasteiger partial charge on any atom is -0.362 e. The van der Waals surface area contributed by atoms with Gasteiger partial charge in [-0.1, -0.05) is 0 Å². The van der Waals surface area contributed by atoms with Gasteiger partial charge in [0.15, 0.2) is 0 Å². The van der Waals surface area contributed by atoms with Crippen LogP contribution < -0.4 is 5.32 Å². The molecule has 20 heavy (non-hydrogen) atoms. The van der Waals surface area contributed by atoms with Crippen molar-refractivity contribution < 1.29 is 4.92 Å². The molecule has 0 bridgehead atoms. The maximum Gasteiger partial charge on any atom is 0.333 e. The molecule has 1 aromatic heterocycles. The highest BCUT2D eigenvalue weighted by Crippen LogP contribution is 2.32. The number of hydrogen-bond donors (Lipinski definition) is 1. The van der Waals surface area contributed by atoms with Gasteiger partial charge in [-0.2, -0.15) is 5.10 Å². The van der Waals surface area contributed by atoms with Gasteiger partial charge < -0.3 is 10.2 Å². The summed E-state index contributed by atoms with van der Waals surface area (Å²) in [5.74, 6) is 0.553. The van der Waals surface area contributed by atoms with Crippen LogP contribution in [0.4, 0.5) is 11.5 Å². The van der Waals surface area contributed by atoms with E-state index in [9.17, 15) is 10.1 Å². The maximum absolute atomic E-state index is 11.3. The van der Waals surface area contributed by atoms with Crippen molar-refractivity contribution in [2.75, 3.05) is 25.5 Å². The van der Waals surface area contributed by atoms with Crippen molar-refractivity contribution in [1.82, 2.24) is 14.7 Å². The van der Waals surface area contributed by atoms with Gasteiger partial charge in [-0.15, -0.1) is 0 Å².